The number of hydrogen-bond acceptors (Lipinski definition) is 4. The molecule has 2 aromatic carbocycles. The van der Waals surface area contributed by atoms with E-state index in [1.165, 1.54) is 43.5 Å². The summed E-state index contributed by atoms with van der Waals surface area (Å²) < 4.78 is 29.9. The largest absolute Gasteiger partial charge is 0.507 e. The van der Waals surface area contributed by atoms with E-state index < -0.39 is 11.6 Å². The quantitative estimate of drug-likeness (QED) is 0.695. The summed E-state index contributed by atoms with van der Waals surface area (Å²) in [5.41, 5.74) is 0.269. The Bertz CT molecular complexity index is 916. The van der Waals surface area contributed by atoms with Crippen LogP contribution in [-0.2, 0) is 0 Å². The van der Waals surface area contributed by atoms with Gasteiger partial charge in [-0.2, -0.15) is 0 Å². The highest BCUT2D eigenvalue weighted by atomic mass is 19.1. The Hall–Kier alpha value is -3.02. The first kappa shape index (κ1) is 16.4. The number of rotatable bonds is 1. The van der Waals surface area contributed by atoms with E-state index in [1.54, 1.807) is 0 Å². The zero-order chi connectivity index (χ0) is 17.0. The predicted octanol–water partition coefficient (Wildman–Crippen LogP) is 3.67. The van der Waals surface area contributed by atoms with Crippen LogP contribution in [0, 0.1) is 11.6 Å². The number of phenolic OH excluding ortho intramolecular Hbond substituents is 1. The molecule has 0 spiro atoms. The molecule has 0 saturated carbocycles. The van der Waals surface area contributed by atoms with E-state index >= 15 is 0 Å². The number of halogens is 2. The van der Waals surface area contributed by atoms with Crippen molar-refractivity contribution in [3.8, 4) is 5.75 Å². The summed E-state index contributed by atoms with van der Waals surface area (Å²) in [5.74, 6) is -1.54. The van der Waals surface area contributed by atoms with Crippen LogP contribution in [0.15, 0.2) is 57.9 Å². The number of aromatic hydroxyl groups is 1. The zero-order valence-electron chi connectivity index (χ0n) is 12.0. The van der Waals surface area contributed by atoms with Crippen LogP contribution in [-0.4, -0.2) is 10.9 Å². The van der Waals surface area contributed by atoms with Gasteiger partial charge in [-0.05, 0) is 31.2 Å². The van der Waals surface area contributed by atoms with Crippen molar-refractivity contribution in [2.75, 3.05) is 0 Å². The summed E-state index contributed by atoms with van der Waals surface area (Å²) in [6.45, 7) is 1.31. The van der Waals surface area contributed by atoms with Crippen LogP contribution < -0.4 is 5.43 Å². The van der Waals surface area contributed by atoms with Crippen LogP contribution in [0.25, 0.3) is 11.0 Å². The second kappa shape index (κ2) is 6.83. The van der Waals surface area contributed by atoms with Crippen LogP contribution in [0.2, 0.25) is 0 Å². The first-order valence-corrected chi connectivity index (χ1v) is 6.55. The van der Waals surface area contributed by atoms with Gasteiger partial charge in [0.05, 0.1) is 17.2 Å². The lowest BCUT2D eigenvalue weighted by Crippen LogP contribution is -1.97. The molecule has 1 N–H and O–H groups in total. The number of Topliss-reactive ketones (excluding diaryl/α,β-unsaturated/α-hetero) is 1. The first-order chi connectivity index (χ1) is 10.9. The van der Waals surface area contributed by atoms with Crippen LogP contribution in [0.3, 0.4) is 0 Å². The minimum atomic E-state index is -0.549. The van der Waals surface area contributed by atoms with E-state index in [4.69, 9.17) is 9.52 Å². The van der Waals surface area contributed by atoms with Crippen molar-refractivity contribution in [3.63, 3.8) is 0 Å². The summed E-state index contributed by atoms with van der Waals surface area (Å²) in [7, 11) is 0. The van der Waals surface area contributed by atoms with E-state index in [0.717, 1.165) is 12.1 Å². The number of fused-ring (bicyclic) bond motifs is 1. The van der Waals surface area contributed by atoms with Gasteiger partial charge in [-0.25, -0.2) is 8.78 Å². The van der Waals surface area contributed by atoms with Gasteiger partial charge in [-0.1, -0.05) is 0 Å². The molecule has 1 aromatic heterocycles. The SMILES string of the molecule is CC(=O)c1ccc(F)cc1O.O=c1ccoc2cc(F)ccc12. The summed E-state index contributed by atoms with van der Waals surface area (Å²) in [6, 6.07) is 8.45. The van der Waals surface area contributed by atoms with Gasteiger partial charge >= 0.3 is 0 Å². The Morgan fingerprint density at radius 1 is 1.04 bits per heavy atom. The van der Waals surface area contributed by atoms with Crippen molar-refractivity contribution in [1.29, 1.82) is 0 Å². The van der Waals surface area contributed by atoms with Crippen molar-refractivity contribution >= 4 is 16.8 Å². The number of ketones is 1. The standard InChI is InChI=1S/C9H5FO2.C8H7FO2/c10-6-1-2-7-8(11)3-4-12-9(7)5-6;1-5(10)7-3-2-6(9)4-8(7)11/h1-5H;2-4,11H,1H3. The average molecular weight is 318 g/mol. The molecular formula is C17H12F2O4. The molecule has 1 heterocycles. The van der Waals surface area contributed by atoms with Gasteiger partial charge in [0.25, 0.3) is 0 Å². The Kier molecular flexibility index (Phi) is 4.85. The molecule has 0 radical (unpaired) electrons. The molecule has 3 aromatic rings. The Balaban J connectivity index is 0.000000168. The molecule has 0 unspecified atom stereocenters. The smallest absolute Gasteiger partial charge is 0.192 e. The molecule has 6 heteroatoms. The zero-order valence-corrected chi connectivity index (χ0v) is 12.0. The van der Waals surface area contributed by atoms with Crippen molar-refractivity contribution in [1.82, 2.24) is 0 Å². The molecule has 3 rings (SSSR count). The number of hydrogen-bond donors (Lipinski definition) is 1. The highest BCUT2D eigenvalue weighted by molar-refractivity contribution is 5.96. The van der Waals surface area contributed by atoms with E-state index in [-0.39, 0.29) is 28.1 Å². The molecule has 0 aliphatic rings. The van der Waals surface area contributed by atoms with E-state index in [2.05, 4.69) is 0 Å². The lowest BCUT2D eigenvalue weighted by molar-refractivity contribution is 0.101. The maximum absolute atomic E-state index is 12.6. The predicted molar refractivity (Wildman–Crippen MR) is 80.5 cm³/mol. The van der Waals surface area contributed by atoms with Gasteiger partial charge in [0.1, 0.15) is 23.0 Å². The highest BCUT2D eigenvalue weighted by Crippen LogP contribution is 2.17. The molecule has 0 amide bonds. The van der Waals surface area contributed by atoms with Crippen LogP contribution >= 0.6 is 0 Å². The third-order valence-electron chi connectivity index (χ3n) is 2.96. The maximum atomic E-state index is 12.6. The van der Waals surface area contributed by atoms with Crippen molar-refractivity contribution in [2.45, 2.75) is 6.92 Å². The molecule has 0 saturated heterocycles. The van der Waals surface area contributed by atoms with Crippen LogP contribution in [0.4, 0.5) is 8.78 Å². The number of carbonyl (C=O) groups excluding carboxylic acids is 1. The monoisotopic (exact) mass is 318 g/mol. The fraction of sp³-hybridized carbons (Fsp3) is 0.0588. The third kappa shape index (κ3) is 4.00. The average Bonchev–Trinajstić information content (AvgIpc) is 2.47. The number of phenols is 1. The summed E-state index contributed by atoms with van der Waals surface area (Å²) in [4.78, 5) is 21.8. The normalized spacial score (nSPS) is 10.0. The Labute approximate surface area is 129 Å². The van der Waals surface area contributed by atoms with Crippen molar-refractivity contribution < 1.29 is 23.1 Å². The molecule has 0 fully saturated rings. The van der Waals surface area contributed by atoms with Crippen molar-refractivity contribution in [3.05, 3.63) is 76.1 Å². The highest BCUT2D eigenvalue weighted by Gasteiger charge is 2.05. The molecule has 4 nitrogen and oxygen atoms in total. The second-order valence-electron chi connectivity index (χ2n) is 4.64. The number of carbonyl (C=O) groups is 1. The van der Waals surface area contributed by atoms with Gasteiger partial charge in [0.15, 0.2) is 11.2 Å². The lowest BCUT2D eigenvalue weighted by atomic mass is 10.1. The topological polar surface area (TPSA) is 67.5 Å². The van der Waals surface area contributed by atoms with E-state index in [9.17, 15) is 18.4 Å². The number of benzene rings is 2. The molecule has 0 bridgehead atoms. The molecule has 0 atom stereocenters. The summed E-state index contributed by atoms with van der Waals surface area (Å²) in [5, 5.41) is 9.40. The van der Waals surface area contributed by atoms with Crippen LogP contribution in [0.5, 0.6) is 5.75 Å². The Morgan fingerprint density at radius 3 is 2.35 bits per heavy atom. The van der Waals surface area contributed by atoms with Crippen LogP contribution in [0.1, 0.15) is 17.3 Å². The fourth-order valence-electron chi connectivity index (χ4n) is 1.86. The second-order valence-corrected chi connectivity index (χ2v) is 4.64. The van der Waals surface area contributed by atoms with E-state index in [0.29, 0.717) is 5.39 Å². The maximum Gasteiger partial charge on any atom is 0.192 e. The molecule has 23 heavy (non-hydrogen) atoms. The van der Waals surface area contributed by atoms with Gasteiger partial charge in [-0.3, -0.25) is 9.59 Å². The molecule has 0 aliphatic heterocycles. The van der Waals surface area contributed by atoms with Gasteiger partial charge < -0.3 is 9.52 Å². The van der Waals surface area contributed by atoms with Gasteiger partial charge in [-0.15, -0.1) is 0 Å². The fourth-order valence-corrected chi connectivity index (χ4v) is 1.86. The third-order valence-corrected chi connectivity index (χ3v) is 2.96. The van der Waals surface area contributed by atoms with E-state index in [1.807, 2.05) is 0 Å². The first-order valence-electron chi connectivity index (χ1n) is 6.55. The van der Waals surface area contributed by atoms with Crippen molar-refractivity contribution in [2.24, 2.45) is 0 Å². The minimum absolute atomic E-state index is 0.145. The summed E-state index contributed by atoms with van der Waals surface area (Å²) >= 11 is 0. The summed E-state index contributed by atoms with van der Waals surface area (Å²) in [6.07, 6.45) is 1.25. The lowest BCUT2D eigenvalue weighted by Gasteiger charge is -1.98. The minimum Gasteiger partial charge on any atom is -0.507 e. The van der Waals surface area contributed by atoms with Gasteiger partial charge in [0.2, 0.25) is 0 Å². The van der Waals surface area contributed by atoms with Gasteiger partial charge in [0, 0.05) is 18.2 Å². The Morgan fingerprint density at radius 2 is 1.70 bits per heavy atom. The molecular weight excluding hydrogens is 306 g/mol. The molecule has 0 aliphatic carbocycles. The molecule has 118 valence electrons.